The first kappa shape index (κ1) is 20.1. The van der Waals surface area contributed by atoms with Crippen LogP contribution >= 0.6 is 0 Å². The first-order valence-corrected chi connectivity index (χ1v) is 9.44. The second kappa shape index (κ2) is 9.55. The van der Waals surface area contributed by atoms with Gasteiger partial charge in [0, 0.05) is 23.4 Å². The fraction of sp³-hybridized carbons (Fsp3) is 0.167. The van der Waals surface area contributed by atoms with E-state index in [2.05, 4.69) is 10.6 Å². The third-order valence-electron chi connectivity index (χ3n) is 4.50. The minimum Gasteiger partial charge on any atom is -0.497 e. The summed E-state index contributed by atoms with van der Waals surface area (Å²) in [6, 6.07) is 22.0. The third-order valence-corrected chi connectivity index (χ3v) is 4.50. The minimum absolute atomic E-state index is 0.210. The van der Waals surface area contributed by atoms with Gasteiger partial charge >= 0.3 is 0 Å². The Morgan fingerprint density at radius 2 is 1.59 bits per heavy atom. The summed E-state index contributed by atoms with van der Waals surface area (Å²) in [4.78, 5) is 25.0. The second-order valence-electron chi connectivity index (χ2n) is 6.76. The van der Waals surface area contributed by atoms with Gasteiger partial charge in [0.25, 0.3) is 11.8 Å². The maximum Gasteiger partial charge on any atom is 0.255 e. The Labute approximate surface area is 170 Å². The lowest BCUT2D eigenvalue weighted by atomic mass is 10.1. The molecule has 0 radical (unpaired) electrons. The van der Waals surface area contributed by atoms with Crippen molar-refractivity contribution < 1.29 is 14.3 Å². The lowest BCUT2D eigenvalue weighted by Gasteiger charge is -2.09. The van der Waals surface area contributed by atoms with Crippen molar-refractivity contribution >= 4 is 17.5 Å². The van der Waals surface area contributed by atoms with E-state index in [9.17, 15) is 9.59 Å². The number of ether oxygens (including phenoxy) is 1. The van der Waals surface area contributed by atoms with Gasteiger partial charge in [-0.1, -0.05) is 30.3 Å². The predicted octanol–water partition coefficient (Wildman–Crippen LogP) is 4.23. The van der Waals surface area contributed by atoms with Crippen molar-refractivity contribution in [1.82, 2.24) is 5.32 Å². The summed E-state index contributed by atoms with van der Waals surface area (Å²) < 4.78 is 5.21. The fourth-order valence-electron chi connectivity index (χ4n) is 2.98. The Hall–Kier alpha value is -3.60. The van der Waals surface area contributed by atoms with Crippen LogP contribution in [0.2, 0.25) is 0 Å². The second-order valence-corrected chi connectivity index (χ2v) is 6.76. The lowest BCUT2D eigenvalue weighted by molar-refractivity contribution is 0.0954. The summed E-state index contributed by atoms with van der Waals surface area (Å²) in [6.07, 6.45) is 0.691. The molecule has 2 N–H and O–H groups in total. The number of benzene rings is 3. The first-order chi connectivity index (χ1) is 14.0. The van der Waals surface area contributed by atoms with Crippen LogP contribution in [0.5, 0.6) is 5.75 Å². The van der Waals surface area contributed by atoms with Gasteiger partial charge in [0.1, 0.15) is 5.75 Å². The maximum absolute atomic E-state index is 12.5. The molecule has 0 aliphatic heterocycles. The van der Waals surface area contributed by atoms with E-state index in [1.165, 1.54) is 0 Å². The summed E-state index contributed by atoms with van der Waals surface area (Å²) in [7, 11) is 1.63. The zero-order valence-electron chi connectivity index (χ0n) is 16.6. The molecule has 2 amide bonds. The van der Waals surface area contributed by atoms with E-state index in [1.807, 2.05) is 55.5 Å². The van der Waals surface area contributed by atoms with Crippen LogP contribution in [0.15, 0.2) is 72.8 Å². The van der Waals surface area contributed by atoms with Crippen molar-refractivity contribution in [3.05, 3.63) is 95.1 Å². The monoisotopic (exact) mass is 388 g/mol. The molecular weight excluding hydrogens is 364 g/mol. The Kier molecular flexibility index (Phi) is 6.63. The number of methoxy groups -OCH3 is 1. The average molecular weight is 388 g/mol. The van der Waals surface area contributed by atoms with Crippen LogP contribution < -0.4 is 15.4 Å². The molecule has 0 aliphatic carbocycles. The molecule has 5 nitrogen and oxygen atoms in total. The minimum atomic E-state index is -0.248. The van der Waals surface area contributed by atoms with E-state index in [1.54, 1.807) is 31.4 Å². The van der Waals surface area contributed by atoms with Gasteiger partial charge in [0.05, 0.1) is 7.11 Å². The molecule has 3 aromatic carbocycles. The highest BCUT2D eigenvalue weighted by Crippen LogP contribution is 2.14. The maximum atomic E-state index is 12.5. The molecule has 0 aromatic heterocycles. The predicted molar refractivity (Wildman–Crippen MR) is 115 cm³/mol. The van der Waals surface area contributed by atoms with Crippen molar-refractivity contribution in [3.8, 4) is 5.75 Å². The Morgan fingerprint density at radius 1 is 0.862 bits per heavy atom. The molecule has 29 heavy (non-hydrogen) atoms. The molecule has 0 fully saturated rings. The van der Waals surface area contributed by atoms with E-state index < -0.39 is 0 Å². The van der Waals surface area contributed by atoms with Crippen LogP contribution in [0.3, 0.4) is 0 Å². The van der Waals surface area contributed by atoms with Crippen molar-refractivity contribution in [1.29, 1.82) is 0 Å². The van der Waals surface area contributed by atoms with Gasteiger partial charge in [0.15, 0.2) is 0 Å². The SMILES string of the molecule is COc1cccc(CCNC(=O)c2cccc(C(=O)Nc3cccc(C)c3)c2)c1. The number of nitrogens with one attached hydrogen (secondary N) is 2. The molecule has 0 saturated heterocycles. The molecule has 5 heteroatoms. The fourth-order valence-corrected chi connectivity index (χ4v) is 2.98. The Bertz CT molecular complexity index is 1010. The zero-order chi connectivity index (χ0) is 20.6. The van der Waals surface area contributed by atoms with Gasteiger partial charge in [-0.25, -0.2) is 0 Å². The van der Waals surface area contributed by atoms with Crippen LogP contribution in [-0.4, -0.2) is 25.5 Å². The van der Waals surface area contributed by atoms with Crippen molar-refractivity contribution in [2.75, 3.05) is 19.0 Å². The third kappa shape index (κ3) is 5.69. The summed E-state index contributed by atoms with van der Waals surface area (Å²) in [5.41, 5.74) is 3.76. The van der Waals surface area contributed by atoms with Crippen LogP contribution in [0.4, 0.5) is 5.69 Å². The van der Waals surface area contributed by atoms with Gasteiger partial charge in [-0.3, -0.25) is 9.59 Å². The molecule has 0 spiro atoms. The standard InChI is InChI=1S/C24H24N2O3/c1-17-6-3-10-21(14-17)26-24(28)20-9-5-8-19(16-20)23(27)25-13-12-18-7-4-11-22(15-18)29-2/h3-11,14-16H,12-13H2,1-2H3,(H,25,27)(H,26,28). The molecule has 148 valence electrons. The summed E-state index contributed by atoms with van der Waals surface area (Å²) in [5, 5.41) is 5.75. The number of amides is 2. The lowest BCUT2D eigenvalue weighted by Crippen LogP contribution is -2.26. The Balaban J connectivity index is 1.59. The molecule has 0 unspecified atom stereocenters. The highest BCUT2D eigenvalue weighted by Gasteiger charge is 2.11. The summed E-state index contributed by atoms with van der Waals surface area (Å²) in [5.74, 6) is 0.334. The van der Waals surface area contributed by atoms with Gasteiger partial charge in [-0.15, -0.1) is 0 Å². The topological polar surface area (TPSA) is 67.4 Å². The highest BCUT2D eigenvalue weighted by molar-refractivity contribution is 6.06. The van der Waals surface area contributed by atoms with Gasteiger partial charge in [-0.2, -0.15) is 0 Å². The normalized spacial score (nSPS) is 10.3. The van der Waals surface area contributed by atoms with Gasteiger partial charge in [0.2, 0.25) is 0 Å². The quantitative estimate of drug-likeness (QED) is 0.637. The Morgan fingerprint density at radius 3 is 2.34 bits per heavy atom. The average Bonchev–Trinajstić information content (AvgIpc) is 2.74. The summed E-state index contributed by atoms with van der Waals surface area (Å²) in [6.45, 7) is 2.46. The van der Waals surface area contributed by atoms with E-state index in [4.69, 9.17) is 4.74 Å². The van der Waals surface area contributed by atoms with Crippen molar-refractivity contribution in [2.45, 2.75) is 13.3 Å². The van der Waals surface area contributed by atoms with E-state index >= 15 is 0 Å². The zero-order valence-corrected chi connectivity index (χ0v) is 16.6. The molecule has 0 aliphatic rings. The van der Waals surface area contributed by atoms with Crippen LogP contribution in [0, 0.1) is 6.92 Å². The molecule has 0 heterocycles. The number of rotatable bonds is 7. The molecule has 0 saturated carbocycles. The first-order valence-electron chi connectivity index (χ1n) is 9.44. The van der Waals surface area contributed by atoms with Crippen molar-refractivity contribution in [3.63, 3.8) is 0 Å². The number of hydrogen-bond donors (Lipinski definition) is 2. The van der Waals surface area contributed by atoms with E-state index in [-0.39, 0.29) is 11.8 Å². The van der Waals surface area contributed by atoms with E-state index in [0.717, 1.165) is 22.6 Å². The van der Waals surface area contributed by atoms with Crippen LogP contribution in [-0.2, 0) is 6.42 Å². The molecule has 3 rings (SSSR count). The number of anilines is 1. The number of carbonyl (C=O) groups is 2. The highest BCUT2D eigenvalue weighted by atomic mass is 16.5. The number of carbonyl (C=O) groups excluding carboxylic acids is 2. The van der Waals surface area contributed by atoms with Crippen LogP contribution in [0.1, 0.15) is 31.8 Å². The molecule has 3 aromatic rings. The molecule has 0 atom stereocenters. The van der Waals surface area contributed by atoms with E-state index in [0.29, 0.717) is 24.1 Å². The number of hydrogen-bond acceptors (Lipinski definition) is 3. The van der Waals surface area contributed by atoms with Gasteiger partial charge < -0.3 is 15.4 Å². The molecular formula is C24H24N2O3. The summed E-state index contributed by atoms with van der Waals surface area (Å²) >= 11 is 0. The van der Waals surface area contributed by atoms with Crippen LogP contribution in [0.25, 0.3) is 0 Å². The largest absolute Gasteiger partial charge is 0.497 e. The smallest absolute Gasteiger partial charge is 0.255 e. The van der Waals surface area contributed by atoms with Crippen molar-refractivity contribution in [2.24, 2.45) is 0 Å². The molecule has 0 bridgehead atoms. The number of aryl methyl sites for hydroxylation is 1. The van der Waals surface area contributed by atoms with Gasteiger partial charge in [-0.05, 0) is 66.9 Å².